The molecule has 0 spiro atoms. The smallest absolute Gasteiger partial charge is 0.345 e. The van der Waals surface area contributed by atoms with E-state index in [4.69, 9.17) is 22.8 Å². The number of ether oxygens (including phenoxy) is 1. The minimum atomic E-state index is -4.03. The molecule has 0 saturated heterocycles. The Bertz CT molecular complexity index is 1020. The normalized spacial score (nSPS) is 18.4. The van der Waals surface area contributed by atoms with Gasteiger partial charge in [0.25, 0.3) is 0 Å². The second-order valence-electron chi connectivity index (χ2n) is 7.88. The fourth-order valence-corrected chi connectivity index (χ4v) is 9.73. The van der Waals surface area contributed by atoms with Crippen LogP contribution in [0.4, 0.5) is 0 Å². The molecule has 0 amide bonds. The molecular weight excluding hydrogens is 490 g/mol. The van der Waals surface area contributed by atoms with Gasteiger partial charge < -0.3 is 22.8 Å². The van der Waals surface area contributed by atoms with Crippen LogP contribution >= 0.6 is 15.2 Å². The van der Waals surface area contributed by atoms with Crippen LogP contribution in [0.25, 0.3) is 0 Å². The topological polar surface area (TPSA) is 97.4 Å². The Hall–Kier alpha value is -1.79. The van der Waals surface area contributed by atoms with Gasteiger partial charge in [-0.1, -0.05) is 42.5 Å². The van der Waals surface area contributed by atoms with E-state index in [0.29, 0.717) is 11.3 Å². The van der Waals surface area contributed by atoms with Crippen LogP contribution in [0.5, 0.6) is 5.75 Å². The van der Waals surface area contributed by atoms with Crippen LogP contribution in [0, 0.1) is 5.92 Å². The fourth-order valence-electron chi connectivity index (χ4n) is 4.30. The average Bonchev–Trinajstić information content (AvgIpc) is 2.84. The van der Waals surface area contributed by atoms with Crippen molar-refractivity contribution in [3.63, 3.8) is 0 Å². The number of ketones is 1. The highest BCUT2D eigenvalue weighted by molar-refractivity contribution is 7.72. The lowest BCUT2D eigenvalue weighted by atomic mass is 9.84. The van der Waals surface area contributed by atoms with E-state index in [9.17, 15) is 13.9 Å². The summed E-state index contributed by atoms with van der Waals surface area (Å²) >= 11 is 0. The summed E-state index contributed by atoms with van der Waals surface area (Å²) in [5.74, 6) is -0.569. The average molecular weight is 524 g/mol. The van der Waals surface area contributed by atoms with E-state index in [1.807, 2.05) is 30.3 Å². The highest BCUT2D eigenvalue weighted by Crippen LogP contribution is 2.72. The largest absolute Gasteiger partial charge is 0.484 e. The van der Waals surface area contributed by atoms with E-state index in [1.165, 1.54) is 0 Å². The maximum absolute atomic E-state index is 14.1. The van der Waals surface area contributed by atoms with Crippen molar-refractivity contribution in [2.75, 3.05) is 26.4 Å². The highest BCUT2D eigenvalue weighted by atomic mass is 31.2. The Morgan fingerprint density at radius 3 is 1.77 bits per heavy atom. The van der Waals surface area contributed by atoms with Gasteiger partial charge in [0, 0.05) is 0 Å². The molecule has 0 aromatic heterocycles. The molecule has 0 fully saturated rings. The van der Waals surface area contributed by atoms with Gasteiger partial charge in [-0.15, -0.1) is 0 Å². The molecule has 2 atom stereocenters. The number of rotatable bonds is 13. The van der Waals surface area contributed by atoms with Crippen molar-refractivity contribution in [1.29, 1.82) is 0 Å². The first kappa shape index (κ1) is 27.8. The third-order valence-corrected chi connectivity index (χ3v) is 11.7. The molecule has 0 unspecified atom stereocenters. The van der Waals surface area contributed by atoms with Gasteiger partial charge in [-0.2, -0.15) is 0 Å². The van der Waals surface area contributed by atoms with Crippen molar-refractivity contribution in [3.8, 4) is 5.75 Å². The first-order valence-electron chi connectivity index (χ1n) is 12.0. The summed E-state index contributed by atoms with van der Waals surface area (Å²) in [4.78, 5) is 13.8. The molecule has 35 heavy (non-hydrogen) atoms. The highest BCUT2D eigenvalue weighted by Gasteiger charge is 2.54. The third-order valence-electron chi connectivity index (χ3n) is 5.67. The van der Waals surface area contributed by atoms with E-state index in [1.54, 1.807) is 52.0 Å². The summed E-state index contributed by atoms with van der Waals surface area (Å²) in [6.07, 6.45) is -0.837. The Kier molecular flexibility index (Phi) is 9.88. The van der Waals surface area contributed by atoms with Crippen LogP contribution < -0.4 is 4.74 Å². The standard InChI is InChI=1S/C25H34O8P2/c1-5-29-34(27,30-6-2)23(35(28,31-7-3)32-8-4)18-21-24(26)20-16-12-13-17-22(20)33-25(21)19-14-10-9-11-15-19/h9-17,21,23,25H,5-8,18H2,1-4H3/t21-,25+/m1/s1. The number of carbonyl (C=O) groups is 1. The molecular formula is C25H34O8P2. The van der Waals surface area contributed by atoms with Crippen LogP contribution in [-0.2, 0) is 27.2 Å². The summed E-state index contributed by atoms with van der Waals surface area (Å²) in [6, 6.07) is 16.3. The van der Waals surface area contributed by atoms with Crippen LogP contribution in [0.3, 0.4) is 0 Å². The molecule has 1 aliphatic heterocycles. The number of fused-ring (bicyclic) bond motifs is 1. The number of benzene rings is 2. The summed E-state index contributed by atoms with van der Waals surface area (Å²) in [7, 11) is -8.05. The van der Waals surface area contributed by atoms with Crippen molar-refractivity contribution in [2.24, 2.45) is 5.92 Å². The molecule has 1 heterocycles. The molecule has 0 aliphatic carbocycles. The molecule has 192 valence electrons. The molecule has 3 rings (SSSR count). The number of para-hydroxylation sites is 1. The van der Waals surface area contributed by atoms with Gasteiger partial charge in [-0.3, -0.25) is 13.9 Å². The molecule has 2 aromatic rings. The van der Waals surface area contributed by atoms with Crippen LogP contribution in [0.2, 0.25) is 0 Å². The van der Waals surface area contributed by atoms with E-state index < -0.39 is 32.6 Å². The second kappa shape index (κ2) is 12.4. The van der Waals surface area contributed by atoms with E-state index >= 15 is 0 Å². The molecule has 1 aliphatic rings. The Morgan fingerprint density at radius 1 is 0.771 bits per heavy atom. The van der Waals surface area contributed by atoms with Crippen molar-refractivity contribution in [1.82, 2.24) is 0 Å². The van der Waals surface area contributed by atoms with Crippen molar-refractivity contribution in [3.05, 3.63) is 65.7 Å². The van der Waals surface area contributed by atoms with Crippen LogP contribution in [0.1, 0.15) is 56.1 Å². The lowest BCUT2D eigenvalue weighted by molar-refractivity contribution is 0.0633. The van der Waals surface area contributed by atoms with Gasteiger partial charge in [0.15, 0.2) is 11.2 Å². The van der Waals surface area contributed by atoms with Gasteiger partial charge in [0.05, 0.1) is 37.9 Å². The van der Waals surface area contributed by atoms with E-state index in [-0.39, 0.29) is 38.6 Å². The zero-order valence-electron chi connectivity index (χ0n) is 20.6. The third kappa shape index (κ3) is 6.14. The fraction of sp³-hybridized carbons (Fsp3) is 0.480. The Balaban J connectivity index is 2.14. The molecule has 10 heteroatoms. The number of Topliss-reactive ketones (excluding diaryl/α,β-unsaturated/α-hetero) is 1. The second-order valence-corrected chi connectivity index (χ2v) is 12.7. The summed E-state index contributed by atoms with van der Waals surface area (Å²) in [6.45, 7) is 6.94. The summed E-state index contributed by atoms with van der Waals surface area (Å²) in [5.41, 5.74) is 1.18. The molecule has 8 nitrogen and oxygen atoms in total. The van der Waals surface area contributed by atoms with Gasteiger partial charge in [-0.25, -0.2) is 0 Å². The summed E-state index contributed by atoms with van der Waals surface area (Å²) in [5, 5.41) is -1.32. The Morgan fingerprint density at radius 2 is 1.26 bits per heavy atom. The molecule has 0 bridgehead atoms. The van der Waals surface area contributed by atoms with E-state index in [2.05, 4.69) is 0 Å². The maximum Gasteiger partial charge on any atom is 0.345 e. The first-order valence-corrected chi connectivity index (χ1v) is 15.2. The van der Waals surface area contributed by atoms with Crippen LogP contribution in [-0.4, -0.2) is 37.6 Å². The molecule has 0 radical (unpaired) electrons. The monoisotopic (exact) mass is 524 g/mol. The predicted molar refractivity (Wildman–Crippen MR) is 134 cm³/mol. The minimum Gasteiger partial charge on any atom is -0.484 e. The van der Waals surface area contributed by atoms with Gasteiger partial charge in [0.1, 0.15) is 11.9 Å². The first-order chi connectivity index (χ1) is 16.8. The molecule has 0 N–H and O–H groups in total. The van der Waals surface area contributed by atoms with Gasteiger partial charge in [0.2, 0.25) is 0 Å². The zero-order valence-corrected chi connectivity index (χ0v) is 22.4. The zero-order chi connectivity index (χ0) is 25.5. The Labute approximate surface area is 207 Å². The molecule has 2 aromatic carbocycles. The quantitative estimate of drug-likeness (QED) is 0.262. The number of carbonyl (C=O) groups excluding carboxylic acids is 1. The van der Waals surface area contributed by atoms with E-state index in [0.717, 1.165) is 5.56 Å². The number of hydrogen-bond donors (Lipinski definition) is 0. The van der Waals surface area contributed by atoms with Crippen molar-refractivity contribution >= 4 is 21.0 Å². The van der Waals surface area contributed by atoms with Crippen molar-refractivity contribution < 1.29 is 36.8 Å². The lowest BCUT2D eigenvalue weighted by Crippen LogP contribution is -2.35. The summed E-state index contributed by atoms with van der Waals surface area (Å²) < 4.78 is 56.8. The minimum absolute atomic E-state index is 0.0616. The maximum atomic E-state index is 14.1. The predicted octanol–water partition coefficient (Wildman–Crippen LogP) is 6.87. The SMILES string of the molecule is CCOP(=O)(OCC)C(C[C@@H]1C(=O)c2ccccc2O[C@H]1c1ccccc1)P(=O)(OCC)OCC. The molecule has 0 saturated carbocycles. The lowest BCUT2D eigenvalue weighted by Gasteiger charge is -2.37. The van der Waals surface area contributed by atoms with Gasteiger partial charge >= 0.3 is 15.2 Å². The van der Waals surface area contributed by atoms with Gasteiger partial charge in [-0.05, 0) is 51.8 Å². The number of hydrogen-bond acceptors (Lipinski definition) is 8. The van der Waals surface area contributed by atoms with Crippen molar-refractivity contribution in [2.45, 2.75) is 45.6 Å². The van der Waals surface area contributed by atoms with Crippen LogP contribution in [0.15, 0.2) is 54.6 Å².